The first-order valence-electron chi connectivity index (χ1n) is 5.98. The van der Waals surface area contributed by atoms with E-state index in [1.807, 2.05) is 6.92 Å². The van der Waals surface area contributed by atoms with Crippen LogP contribution in [0.4, 0.5) is 0 Å². The Morgan fingerprint density at radius 1 is 1.53 bits per heavy atom. The third kappa shape index (κ3) is 3.48. The SMILES string of the molecule is CCNC(C#N)CCN1CCCC1(C)C. The van der Waals surface area contributed by atoms with Gasteiger partial charge in [-0.3, -0.25) is 4.90 Å². The summed E-state index contributed by atoms with van der Waals surface area (Å²) in [7, 11) is 0. The average molecular weight is 209 g/mol. The van der Waals surface area contributed by atoms with Crippen molar-refractivity contribution in [2.45, 2.75) is 51.6 Å². The second-order valence-corrected chi connectivity index (χ2v) is 4.93. The van der Waals surface area contributed by atoms with Crippen molar-refractivity contribution in [1.29, 1.82) is 5.26 Å². The Morgan fingerprint density at radius 3 is 2.73 bits per heavy atom. The summed E-state index contributed by atoms with van der Waals surface area (Å²) in [5, 5.41) is 12.1. The highest BCUT2D eigenvalue weighted by atomic mass is 15.2. The third-order valence-corrected chi connectivity index (χ3v) is 3.37. The number of nitrogens with one attached hydrogen (secondary N) is 1. The Balaban J connectivity index is 2.33. The Hall–Kier alpha value is -0.590. The van der Waals surface area contributed by atoms with Crippen molar-refractivity contribution >= 4 is 0 Å². The van der Waals surface area contributed by atoms with E-state index in [4.69, 9.17) is 5.26 Å². The monoisotopic (exact) mass is 209 g/mol. The minimum Gasteiger partial charge on any atom is -0.302 e. The van der Waals surface area contributed by atoms with Crippen LogP contribution in [0.5, 0.6) is 0 Å². The lowest BCUT2D eigenvalue weighted by Crippen LogP contribution is -2.41. The van der Waals surface area contributed by atoms with Crippen LogP contribution >= 0.6 is 0 Å². The molecule has 1 aliphatic rings. The number of nitrogens with zero attached hydrogens (tertiary/aromatic N) is 2. The highest BCUT2D eigenvalue weighted by molar-refractivity contribution is 4.93. The van der Waals surface area contributed by atoms with E-state index in [1.54, 1.807) is 0 Å². The molecule has 0 aromatic heterocycles. The van der Waals surface area contributed by atoms with Gasteiger partial charge in [-0.2, -0.15) is 5.26 Å². The summed E-state index contributed by atoms with van der Waals surface area (Å²) in [5.74, 6) is 0. The number of hydrogen-bond donors (Lipinski definition) is 1. The third-order valence-electron chi connectivity index (χ3n) is 3.37. The molecule has 15 heavy (non-hydrogen) atoms. The summed E-state index contributed by atoms with van der Waals surface area (Å²) in [6, 6.07) is 2.34. The zero-order valence-electron chi connectivity index (χ0n) is 10.2. The number of rotatable bonds is 5. The van der Waals surface area contributed by atoms with Crippen molar-refractivity contribution < 1.29 is 0 Å². The average Bonchev–Trinajstić information content (AvgIpc) is 2.52. The Bertz CT molecular complexity index is 230. The molecule has 1 atom stereocenters. The smallest absolute Gasteiger partial charge is 0.0965 e. The Morgan fingerprint density at radius 2 is 2.27 bits per heavy atom. The van der Waals surface area contributed by atoms with E-state index in [0.29, 0.717) is 5.54 Å². The van der Waals surface area contributed by atoms with Crippen molar-refractivity contribution in [2.24, 2.45) is 0 Å². The molecule has 0 amide bonds. The minimum absolute atomic E-state index is 0.0198. The molecule has 0 aliphatic carbocycles. The fraction of sp³-hybridized carbons (Fsp3) is 0.917. The summed E-state index contributed by atoms with van der Waals surface area (Å²) in [5.41, 5.74) is 0.340. The highest BCUT2D eigenvalue weighted by Crippen LogP contribution is 2.28. The molecule has 1 aliphatic heterocycles. The van der Waals surface area contributed by atoms with Gasteiger partial charge in [0.1, 0.15) is 0 Å². The van der Waals surface area contributed by atoms with Gasteiger partial charge in [0.2, 0.25) is 0 Å². The zero-order chi connectivity index (χ0) is 11.3. The maximum atomic E-state index is 8.93. The van der Waals surface area contributed by atoms with Crippen LogP contribution in [0.3, 0.4) is 0 Å². The molecule has 1 fully saturated rings. The molecule has 1 N–H and O–H groups in total. The molecule has 3 nitrogen and oxygen atoms in total. The molecule has 0 aromatic rings. The maximum absolute atomic E-state index is 8.93. The first-order chi connectivity index (χ1) is 7.10. The largest absolute Gasteiger partial charge is 0.302 e. The molecule has 86 valence electrons. The summed E-state index contributed by atoms with van der Waals surface area (Å²) in [4.78, 5) is 2.51. The van der Waals surface area contributed by atoms with Gasteiger partial charge >= 0.3 is 0 Å². The van der Waals surface area contributed by atoms with Crippen LogP contribution in [0.25, 0.3) is 0 Å². The molecule has 1 saturated heterocycles. The van der Waals surface area contributed by atoms with Crippen molar-refractivity contribution in [3.8, 4) is 6.07 Å². The van der Waals surface area contributed by atoms with E-state index < -0.39 is 0 Å². The van der Waals surface area contributed by atoms with Gasteiger partial charge in [-0.05, 0) is 46.2 Å². The minimum atomic E-state index is 0.0198. The van der Waals surface area contributed by atoms with Gasteiger partial charge in [0.15, 0.2) is 0 Å². The first-order valence-corrected chi connectivity index (χ1v) is 5.98. The van der Waals surface area contributed by atoms with Gasteiger partial charge in [-0.25, -0.2) is 0 Å². The normalized spacial score (nSPS) is 22.5. The zero-order valence-corrected chi connectivity index (χ0v) is 10.2. The Labute approximate surface area is 93.5 Å². The van der Waals surface area contributed by atoms with E-state index >= 15 is 0 Å². The standard InChI is InChI=1S/C12H23N3/c1-4-14-11(10-13)6-9-15-8-5-7-12(15,2)3/h11,14H,4-9H2,1-3H3. The number of hydrogen-bond acceptors (Lipinski definition) is 3. The second-order valence-electron chi connectivity index (χ2n) is 4.93. The molecule has 0 saturated carbocycles. The summed E-state index contributed by atoms with van der Waals surface area (Å²) < 4.78 is 0. The lowest BCUT2D eigenvalue weighted by molar-refractivity contribution is 0.170. The highest BCUT2D eigenvalue weighted by Gasteiger charge is 2.31. The number of nitriles is 1. The van der Waals surface area contributed by atoms with Crippen LogP contribution in [-0.4, -0.2) is 36.1 Å². The van der Waals surface area contributed by atoms with Gasteiger partial charge in [0, 0.05) is 12.1 Å². The lowest BCUT2D eigenvalue weighted by atomic mass is 10.0. The molecule has 1 rings (SSSR count). The fourth-order valence-electron chi connectivity index (χ4n) is 2.32. The van der Waals surface area contributed by atoms with Gasteiger partial charge in [-0.15, -0.1) is 0 Å². The van der Waals surface area contributed by atoms with Gasteiger partial charge in [-0.1, -0.05) is 6.92 Å². The van der Waals surface area contributed by atoms with E-state index in [-0.39, 0.29) is 6.04 Å². The maximum Gasteiger partial charge on any atom is 0.0965 e. The van der Waals surface area contributed by atoms with Gasteiger partial charge < -0.3 is 5.32 Å². The molecule has 0 bridgehead atoms. The van der Waals surface area contributed by atoms with E-state index in [0.717, 1.165) is 19.5 Å². The van der Waals surface area contributed by atoms with Crippen LogP contribution in [0.2, 0.25) is 0 Å². The molecule has 3 heteroatoms. The van der Waals surface area contributed by atoms with Crippen LogP contribution < -0.4 is 5.32 Å². The van der Waals surface area contributed by atoms with Gasteiger partial charge in [0.25, 0.3) is 0 Å². The van der Waals surface area contributed by atoms with Crippen molar-refractivity contribution in [1.82, 2.24) is 10.2 Å². The van der Waals surface area contributed by atoms with Crippen molar-refractivity contribution in [3.63, 3.8) is 0 Å². The summed E-state index contributed by atoms with van der Waals surface area (Å²) >= 11 is 0. The van der Waals surface area contributed by atoms with Gasteiger partial charge in [0.05, 0.1) is 12.1 Å². The van der Waals surface area contributed by atoms with Crippen LogP contribution in [-0.2, 0) is 0 Å². The quantitative estimate of drug-likeness (QED) is 0.750. The molecular weight excluding hydrogens is 186 g/mol. The predicted octanol–water partition coefficient (Wildman–Crippen LogP) is 1.75. The van der Waals surface area contributed by atoms with Crippen molar-refractivity contribution in [3.05, 3.63) is 0 Å². The second kappa shape index (κ2) is 5.48. The van der Waals surface area contributed by atoms with Crippen molar-refractivity contribution in [2.75, 3.05) is 19.6 Å². The first kappa shape index (κ1) is 12.5. The lowest BCUT2D eigenvalue weighted by Gasteiger charge is -2.32. The molecular formula is C12H23N3. The van der Waals surface area contributed by atoms with Crippen LogP contribution in [0.1, 0.15) is 40.0 Å². The molecule has 1 unspecified atom stereocenters. The Kier molecular flexibility index (Phi) is 4.56. The van der Waals surface area contributed by atoms with E-state index in [1.165, 1.54) is 19.4 Å². The molecule has 1 heterocycles. The summed E-state index contributed by atoms with van der Waals surface area (Å²) in [6.45, 7) is 9.75. The van der Waals surface area contributed by atoms with Crippen LogP contribution in [0.15, 0.2) is 0 Å². The molecule has 0 aromatic carbocycles. The topological polar surface area (TPSA) is 39.1 Å². The van der Waals surface area contributed by atoms with E-state index in [9.17, 15) is 0 Å². The van der Waals surface area contributed by atoms with E-state index in [2.05, 4.69) is 30.1 Å². The summed E-state index contributed by atoms with van der Waals surface area (Å²) in [6.07, 6.45) is 3.52. The molecule has 0 radical (unpaired) electrons. The predicted molar refractivity (Wildman–Crippen MR) is 62.6 cm³/mol. The molecule has 0 spiro atoms. The number of likely N-dealkylation sites (tertiary alicyclic amines) is 1. The van der Waals surface area contributed by atoms with Crippen LogP contribution in [0, 0.1) is 11.3 Å². The fourth-order valence-corrected chi connectivity index (χ4v) is 2.32.